The molecule has 1 nitrogen and oxygen atoms in total. The maximum absolute atomic E-state index is 2.42. The number of benzene rings is 10. The van der Waals surface area contributed by atoms with Crippen molar-refractivity contribution in [2.45, 2.75) is 19.3 Å². The number of nitrogens with zero attached hydrogens (tertiary/aromatic N) is 1. The van der Waals surface area contributed by atoms with E-state index in [-0.39, 0.29) is 5.41 Å². The largest absolute Gasteiger partial charge is 0.310 e. The topological polar surface area (TPSA) is 3.24 Å². The first-order valence-corrected chi connectivity index (χ1v) is 19.6. The molecule has 0 saturated carbocycles. The average molecular weight is 714 g/mol. The van der Waals surface area contributed by atoms with Gasteiger partial charge in [-0.05, 0) is 130 Å². The lowest BCUT2D eigenvalue weighted by Crippen LogP contribution is -2.16. The highest BCUT2D eigenvalue weighted by Crippen LogP contribution is 2.51. The van der Waals surface area contributed by atoms with E-state index in [1.54, 1.807) is 0 Å². The average Bonchev–Trinajstić information content (AvgIpc) is 3.49. The van der Waals surface area contributed by atoms with E-state index in [4.69, 9.17) is 0 Å². The SMILES string of the molecule is CC1(C)c2ccccc2-c2ccc(N(c3ccc(-c4ccc5c(ccc6c7ccccc7ccc56)c4)cc3)c3ccc(-c4cccc5ccccc45)cc3)cc21. The summed E-state index contributed by atoms with van der Waals surface area (Å²) in [6.45, 7) is 4.71. The highest BCUT2D eigenvalue weighted by Gasteiger charge is 2.35. The Balaban J connectivity index is 0.999. The van der Waals surface area contributed by atoms with Crippen LogP contribution in [-0.2, 0) is 5.41 Å². The highest BCUT2D eigenvalue weighted by atomic mass is 15.1. The van der Waals surface area contributed by atoms with Gasteiger partial charge in [-0.15, -0.1) is 0 Å². The molecule has 0 aromatic heterocycles. The van der Waals surface area contributed by atoms with Crippen molar-refractivity contribution in [3.05, 3.63) is 211 Å². The smallest absolute Gasteiger partial charge is 0.0465 e. The van der Waals surface area contributed by atoms with E-state index in [0.29, 0.717) is 0 Å². The maximum atomic E-state index is 2.42. The summed E-state index contributed by atoms with van der Waals surface area (Å²) in [4.78, 5) is 2.41. The number of anilines is 3. The van der Waals surface area contributed by atoms with Gasteiger partial charge >= 0.3 is 0 Å². The molecule has 0 bridgehead atoms. The summed E-state index contributed by atoms with van der Waals surface area (Å²) in [5, 5.41) is 10.2. The summed E-state index contributed by atoms with van der Waals surface area (Å²) < 4.78 is 0. The number of hydrogen-bond acceptors (Lipinski definition) is 1. The van der Waals surface area contributed by atoms with Gasteiger partial charge in [0.1, 0.15) is 0 Å². The first-order chi connectivity index (χ1) is 27.5. The van der Waals surface area contributed by atoms with Crippen molar-refractivity contribution >= 4 is 60.2 Å². The first-order valence-electron chi connectivity index (χ1n) is 19.6. The molecule has 264 valence electrons. The molecule has 0 unspecified atom stereocenters. The Kier molecular flexibility index (Phi) is 7.28. The number of fused-ring (bicyclic) bond motifs is 9. The zero-order valence-electron chi connectivity index (χ0n) is 31.5. The Morgan fingerprint density at radius 1 is 0.304 bits per heavy atom. The van der Waals surface area contributed by atoms with E-state index in [0.717, 1.165) is 17.1 Å². The fraction of sp³-hybridized carbons (Fsp3) is 0.0545. The third-order valence-corrected chi connectivity index (χ3v) is 12.3. The van der Waals surface area contributed by atoms with Gasteiger partial charge in [-0.25, -0.2) is 0 Å². The van der Waals surface area contributed by atoms with Crippen LogP contribution < -0.4 is 4.90 Å². The van der Waals surface area contributed by atoms with Crippen LogP contribution in [-0.4, -0.2) is 0 Å². The van der Waals surface area contributed by atoms with Crippen molar-refractivity contribution in [1.29, 1.82) is 0 Å². The van der Waals surface area contributed by atoms with Gasteiger partial charge in [0.15, 0.2) is 0 Å². The van der Waals surface area contributed by atoms with Crippen molar-refractivity contribution in [3.63, 3.8) is 0 Å². The van der Waals surface area contributed by atoms with Gasteiger partial charge in [0.2, 0.25) is 0 Å². The molecule has 56 heavy (non-hydrogen) atoms. The molecule has 0 spiro atoms. The molecule has 0 fully saturated rings. The van der Waals surface area contributed by atoms with Crippen LogP contribution in [0.5, 0.6) is 0 Å². The molecule has 10 aromatic rings. The molecular formula is C55H39N. The molecule has 0 heterocycles. The second-order valence-electron chi connectivity index (χ2n) is 15.7. The lowest BCUT2D eigenvalue weighted by Gasteiger charge is -2.28. The highest BCUT2D eigenvalue weighted by molar-refractivity contribution is 6.17. The van der Waals surface area contributed by atoms with E-state index in [9.17, 15) is 0 Å². The molecule has 11 rings (SSSR count). The van der Waals surface area contributed by atoms with Gasteiger partial charge in [-0.1, -0.05) is 172 Å². The maximum Gasteiger partial charge on any atom is 0.0465 e. The van der Waals surface area contributed by atoms with Crippen molar-refractivity contribution < 1.29 is 0 Å². The lowest BCUT2D eigenvalue weighted by atomic mass is 9.82. The molecule has 0 saturated heterocycles. The molecular weight excluding hydrogens is 675 g/mol. The molecule has 10 aromatic carbocycles. The van der Waals surface area contributed by atoms with E-state index in [2.05, 4.69) is 219 Å². The van der Waals surface area contributed by atoms with Crippen LogP contribution >= 0.6 is 0 Å². The predicted molar refractivity (Wildman–Crippen MR) is 240 cm³/mol. The molecule has 0 radical (unpaired) electrons. The number of rotatable bonds is 5. The van der Waals surface area contributed by atoms with Crippen LogP contribution in [0.1, 0.15) is 25.0 Å². The van der Waals surface area contributed by atoms with Crippen LogP contribution in [0.25, 0.3) is 76.5 Å². The van der Waals surface area contributed by atoms with Gasteiger partial charge in [-0.2, -0.15) is 0 Å². The minimum Gasteiger partial charge on any atom is -0.310 e. The minimum absolute atomic E-state index is 0.0931. The van der Waals surface area contributed by atoms with E-state index >= 15 is 0 Å². The van der Waals surface area contributed by atoms with Gasteiger partial charge in [0, 0.05) is 22.5 Å². The summed E-state index contributed by atoms with van der Waals surface area (Å²) >= 11 is 0. The fourth-order valence-electron chi connectivity index (χ4n) is 9.36. The van der Waals surface area contributed by atoms with Crippen LogP contribution in [0.15, 0.2) is 200 Å². The van der Waals surface area contributed by atoms with Gasteiger partial charge in [0.05, 0.1) is 0 Å². The summed E-state index contributed by atoms with van der Waals surface area (Å²) in [5.41, 5.74) is 13.6. The van der Waals surface area contributed by atoms with Crippen LogP contribution in [0, 0.1) is 0 Å². The van der Waals surface area contributed by atoms with Gasteiger partial charge in [-0.3, -0.25) is 0 Å². The fourth-order valence-corrected chi connectivity index (χ4v) is 9.36. The minimum atomic E-state index is -0.0931. The molecule has 0 N–H and O–H groups in total. The van der Waals surface area contributed by atoms with Crippen molar-refractivity contribution in [2.24, 2.45) is 0 Å². The summed E-state index contributed by atoms with van der Waals surface area (Å²) in [6, 6.07) is 74.0. The zero-order valence-corrected chi connectivity index (χ0v) is 31.5. The Bertz CT molecular complexity index is 3150. The Labute approximate surface area is 327 Å². The van der Waals surface area contributed by atoms with Gasteiger partial charge < -0.3 is 4.90 Å². The lowest BCUT2D eigenvalue weighted by molar-refractivity contribution is 0.660. The normalized spacial score (nSPS) is 13.0. The summed E-state index contributed by atoms with van der Waals surface area (Å²) in [7, 11) is 0. The molecule has 0 aliphatic heterocycles. The second kappa shape index (κ2) is 12.5. The molecule has 0 atom stereocenters. The zero-order chi connectivity index (χ0) is 37.4. The molecule has 1 aliphatic carbocycles. The Morgan fingerprint density at radius 3 is 1.59 bits per heavy atom. The van der Waals surface area contributed by atoms with E-state index in [1.165, 1.54) is 87.6 Å². The predicted octanol–water partition coefficient (Wildman–Crippen LogP) is 15.4. The third kappa shape index (κ3) is 5.08. The standard InChI is InChI=1S/C55H39N/c1-55(2)53-17-8-7-15-51(53)52-33-29-44(35-54(52)55)56(43-27-20-39(21-28-43)46-16-9-12-37-10-3-5-13-45(37)46)42-25-18-36(19-26-42)40-23-30-48-41(34-40)24-32-49-47-14-6-4-11-38(47)22-31-50(48)49/h3-35H,1-2H3. The van der Waals surface area contributed by atoms with Crippen LogP contribution in [0.3, 0.4) is 0 Å². The third-order valence-electron chi connectivity index (χ3n) is 12.3. The van der Waals surface area contributed by atoms with E-state index < -0.39 is 0 Å². The van der Waals surface area contributed by atoms with Gasteiger partial charge in [0.25, 0.3) is 0 Å². The molecule has 1 aliphatic rings. The Hall–Kier alpha value is -6.96. The van der Waals surface area contributed by atoms with Crippen LogP contribution in [0.2, 0.25) is 0 Å². The summed E-state index contributed by atoms with van der Waals surface area (Å²) in [5.74, 6) is 0. The summed E-state index contributed by atoms with van der Waals surface area (Å²) in [6.07, 6.45) is 0. The van der Waals surface area contributed by atoms with Crippen molar-refractivity contribution in [3.8, 4) is 33.4 Å². The molecule has 1 heteroatoms. The Morgan fingerprint density at radius 2 is 0.821 bits per heavy atom. The van der Waals surface area contributed by atoms with Crippen molar-refractivity contribution in [2.75, 3.05) is 4.90 Å². The van der Waals surface area contributed by atoms with Crippen LogP contribution in [0.4, 0.5) is 17.1 Å². The first kappa shape index (κ1) is 32.5. The van der Waals surface area contributed by atoms with E-state index in [1.807, 2.05) is 0 Å². The quantitative estimate of drug-likeness (QED) is 0.161. The number of hydrogen-bond donors (Lipinski definition) is 0. The van der Waals surface area contributed by atoms with Crippen molar-refractivity contribution in [1.82, 2.24) is 0 Å². The second-order valence-corrected chi connectivity index (χ2v) is 15.7. The monoisotopic (exact) mass is 713 g/mol. The molecule has 0 amide bonds.